The molecule has 144 valence electrons. The number of aryl methyl sites for hydroxylation is 1. The van der Waals surface area contributed by atoms with Crippen LogP contribution in [-0.4, -0.2) is 16.9 Å². The fraction of sp³-hybridized carbons (Fsp3) is 0.167. The van der Waals surface area contributed by atoms with Crippen molar-refractivity contribution in [2.75, 3.05) is 18.6 Å². The monoisotopic (exact) mass is 442 g/mol. The number of hydrogen-bond acceptors (Lipinski definition) is 4. The summed E-state index contributed by atoms with van der Waals surface area (Å²) >= 11 is 2.96. The van der Waals surface area contributed by atoms with E-state index in [2.05, 4.69) is 21.0 Å². The Morgan fingerprint density at radius 1 is 1.04 bits per heavy atom. The van der Waals surface area contributed by atoms with Crippen molar-refractivity contribution in [2.24, 2.45) is 7.05 Å². The van der Waals surface area contributed by atoms with Gasteiger partial charge in [-0.25, -0.2) is 0 Å². The number of para-hydroxylation sites is 1. The predicted octanol–water partition coefficient (Wildman–Crippen LogP) is 4.73. The third-order valence-corrected chi connectivity index (χ3v) is 4.29. The van der Waals surface area contributed by atoms with Crippen molar-refractivity contribution in [3.8, 4) is 17.0 Å². The third kappa shape index (κ3) is 4.94. The van der Waals surface area contributed by atoms with Gasteiger partial charge in [-0.3, -0.25) is 4.68 Å². The molecule has 5 nitrogen and oxygen atoms in total. The average Bonchev–Trinajstić information content (AvgIpc) is 2.91. The molecule has 0 radical (unpaired) electrons. The molecule has 0 unspecified atom stereocenters. The highest BCUT2D eigenvalue weighted by Crippen LogP contribution is 2.42. The summed E-state index contributed by atoms with van der Waals surface area (Å²) in [5, 5.41) is 3.51. The number of rotatable bonds is 2. The van der Waals surface area contributed by atoms with Crippen LogP contribution in [0.25, 0.3) is 11.3 Å². The first-order valence-electron chi connectivity index (χ1n) is 7.69. The number of halogens is 4. The first-order chi connectivity index (χ1) is 12.6. The molecule has 0 aliphatic heterocycles. The quantitative estimate of drug-likeness (QED) is 0.562. The first-order valence-corrected chi connectivity index (χ1v) is 8.48. The Hall–Kier alpha value is -2.68. The highest BCUT2D eigenvalue weighted by molar-refractivity contribution is 9.10. The van der Waals surface area contributed by atoms with Crippen LogP contribution in [0.1, 0.15) is 5.69 Å². The molecule has 3 aromatic rings. The van der Waals surface area contributed by atoms with E-state index in [-0.39, 0.29) is 10.2 Å². The molecule has 0 bridgehead atoms. The summed E-state index contributed by atoms with van der Waals surface area (Å²) < 4.78 is 44.7. The zero-order valence-electron chi connectivity index (χ0n) is 14.6. The van der Waals surface area contributed by atoms with E-state index in [1.807, 2.05) is 30.3 Å². The van der Waals surface area contributed by atoms with E-state index in [1.54, 1.807) is 18.2 Å². The number of benzene rings is 2. The van der Waals surface area contributed by atoms with E-state index < -0.39 is 11.9 Å². The Morgan fingerprint density at radius 3 is 2.11 bits per heavy atom. The number of nitrogens with two attached hydrogens (primary N) is 2. The Kier molecular flexibility index (Phi) is 6.37. The van der Waals surface area contributed by atoms with Crippen LogP contribution in [0.4, 0.5) is 24.5 Å². The Bertz CT molecular complexity index is 911. The number of nitrogens with zero attached hydrogens (tertiary/aromatic N) is 2. The zero-order valence-corrected chi connectivity index (χ0v) is 16.2. The van der Waals surface area contributed by atoms with Crippen LogP contribution in [0, 0.1) is 0 Å². The number of methoxy groups -OCH3 is 1. The van der Waals surface area contributed by atoms with Gasteiger partial charge in [0.15, 0.2) is 5.69 Å². The molecule has 0 aliphatic rings. The van der Waals surface area contributed by atoms with Gasteiger partial charge in [0.1, 0.15) is 5.75 Å². The molecule has 2 aromatic carbocycles. The van der Waals surface area contributed by atoms with Crippen LogP contribution < -0.4 is 16.2 Å². The smallest absolute Gasteiger partial charge is 0.436 e. The Labute approximate surface area is 162 Å². The van der Waals surface area contributed by atoms with E-state index in [4.69, 9.17) is 16.2 Å². The minimum Gasteiger partial charge on any atom is -0.496 e. The van der Waals surface area contributed by atoms with Crippen molar-refractivity contribution >= 4 is 27.3 Å². The standard InChI is InChI=1S/C12H11BrF3N3O.C6H7N/c1-19-10(9(13)11(18-19)12(14,15)16)7-5-6(17)3-4-8(7)20-2;7-6-4-2-1-3-5-6/h3-5H,17H2,1-2H3;1-5H,7H2. The molecule has 1 aromatic heterocycles. The van der Waals surface area contributed by atoms with Crippen LogP contribution >= 0.6 is 15.9 Å². The number of nitrogen functional groups attached to an aromatic ring is 2. The van der Waals surface area contributed by atoms with E-state index in [1.165, 1.54) is 14.2 Å². The molecule has 3 rings (SSSR count). The van der Waals surface area contributed by atoms with Gasteiger partial charge >= 0.3 is 6.18 Å². The molecule has 9 heteroatoms. The van der Waals surface area contributed by atoms with Crippen molar-refractivity contribution in [3.63, 3.8) is 0 Å². The van der Waals surface area contributed by atoms with Gasteiger partial charge < -0.3 is 16.2 Å². The first kappa shape index (κ1) is 20.6. The SMILES string of the molecule is COc1ccc(N)cc1-c1c(Br)c(C(F)(F)F)nn1C.Nc1ccccc1. The molecule has 1 heterocycles. The Balaban J connectivity index is 0.000000313. The molecule has 0 saturated carbocycles. The summed E-state index contributed by atoms with van der Waals surface area (Å²) in [5.41, 5.74) is 12.0. The van der Waals surface area contributed by atoms with Crippen LogP contribution in [0.3, 0.4) is 0 Å². The van der Waals surface area contributed by atoms with Crippen LogP contribution in [-0.2, 0) is 13.2 Å². The predicted molar refractivity (Wildman–Crippen MR) is 103 cm³/mol. The molecular formula is C18H18BrF3N4O. The molecule has 0 fully saturated rings. The van der Waals surface area contributed by atoms with Crippen LogP contribution in [0.15, 0.2) is 53.0 Å². The molecular weight excluding hydrogens is 425 g/mol. The van der Waals surface area contributed by atoms with Crippen LogP contribution in [0.2, 0.25) is 0 Å². The number of aromatic nitrogens is 2. The summed E-state index contributed by atoms with van der Waals surface area (Å²) in [4.78, 5) is 0. The minimum absolute atomic E-state index is 0.142. The van der Waals surface area contributed by atoms with Crippen LogP contribution in [0.5, 0.6) is 5.75 Å². The van der Waals surface area contributed by atoms with Crippen molar-refractivity contribution in [3.05, 3.63) is 58.7 Å². The normalized spacial score (nSPS) is 10.9. The molecule has 0 saturated heterocycles. The van der Waals surface area contributed by atoms with E-state index in [0.29, 0.717) is 17.0 Å². The van der Waals surface area contributed by atoms with Crippen molar-refractivity contribution < 1.29 is 17.9 Å². The van der Waals surface area contributed by atoms with E-state index in [0.717, 1.165) is 10.4 Å². The molecule has 27 heavy (non-hydrogen) atoms. The van der Waals surface area contributed by atoms with Gasteiger partial charge in [0, 0.05) is 24.0 Å². The zero-order chi connectivity index (χ0) is 20.2. The van der Waals surface area contributed by atoms with Gasteiger partial charge in [-0.1, -0.05) is 18.2 Å². The third-order valence-electron chi connectivity index (χ3n) is 3.54. The fourth-order valence-electron chi connectivity index (χ4n) is 2.34. The second-order valence-electron chi connectivity index (χ2n) is 5.50. The lowest BCUT2D eigenvalue weighted by atomic mass is 10.1. The summed E-state index contributed by atoms with van der Waals surface area (Å²) in [5.74, 6) is 0.414. The number of hydrogen-bond donors (Lipinski definition) is 2. The number of alkyl halides is 3. The van der Waals surface area contributed by atoms with Gasteiger partial charge in [0.25, 0.3) is 0 Å². The number of ether oxygens (including phenoxy) is 1. The van der Waals surface area contributed by atoms with Gasteiger partial charge in [-0.15, -0.1) is 0 Å². The van der Waals surface area contributed by atoms with Crippen molar-refractivity contribution in [1.29, 1.82) is 0 Å². The van der Waals surface area contributed by atoms with Crippen molar-refractivity contribution in [2.45, 2.75) is 6.18 Å². The Morgan fingerprint density at radius 2 is 1.67 bits per heavy atom. The maximum atomic E-state index is 12.9. The molecule has 0 amide bonds. The summed E-state index contributed by atoms with van der Waals surface area (Å²) in [6, 6.07) is 14.2. The summed E-state index contributed by atoms with van der Waals surface area (Å²) in [6.45, 7) is 0. The van der Waals surface area contributed by atoms with Gasteiger partial charge in [0.05, 0.1) is 17.3 Å². The minimum atomic E-state index is -4.54. The highest BCUT2D eigenvalue weighted by atomic mass is 79.9. The average molecular weight is 443 g/mol. The second kappa shape index (κ2) is 8.34. The molecule has 0 atom stereocenters. The second-order valence-corrected chi connectivity index (χ2v) is 6.30. The lowest BCUT2D eigenvalue weighted by molar-refractivity contribution is -0.142. The van der Waals surface area contributed by atoms with Gasteiger partial charge in [-0.05, 0) is 46.3 Å². The topological polar surface area (TPSA) is 79.1 Å². The fourth-order valence-corrected chi connectivity index (χ4v) is 3.11. The molecule has 0 aliphatic carbocycles. The van der Waals surface area contributed by atoms with E-state index in [9.17, 15) is 13.2 Å². The molecule has 0 spiro atoms. The maximum Gasteiger partial charge on any atom is 0.436 e. The van der Waals surface area contributed by atoms with Gasteiger partial charge in [-0.2, -0.15) is 18.3 Å². The summed E-state index contributed by atoms with van der Waals surface area (Å²) in [6.07, 6.45) is -4.54. The largest absolute Gasteiger partial charge is 0.496 e. The van der Waals surface area contributed by atoms with Crippen molar-refractivity contribution in [1.82, 2.24) is 9.78 Å². The lowest BCUT2D eigenvalue weighted by Crippen LogP contribution is -2.07. The lowest BCUT2D eigenvalue weighted by Gasteiger charge is -2.10. The maximum absolute atomic E-state index is 12.9. The van der Waals surface area contributed by atoms with E-state index >= 15 is 0 Å². The van der Waals surface area contributed by atoms with Gasteiger partial charge in [0.2, 0.25) is 0 Å². The number of anilines is 2. The highest BCUT2D eigenvalue weighted by Gasteiger charge is 2.38. The molecule has 4 N–H and O–H groups in total. The summed E-state index contributed by atoms with van der Waals surface area (Å²) in [7, 11) is 2.86.